The Morgan fingerprint density at radius 1 is 0.963 bits per heavy atom. The Morgan fingerprint density at radius 2 is 1.70 bits per heavy atom. The standard InChI is InChI=1S/C20H24Cl3NO3/c1-3-15(11-25)24-10-14-8-18(23)20(19(9-14)26-4-2)27-12-13-5-6-16(21)17(22)7-13/h5-9,15,24-25H,3-4,10-12H2,1-2H3/t15-/m0/s1. The van der Waals surface area contributed by atoms with Gasteiger partial charge in [0.25, 0.3) is 0 Å². The van der Waals surface area contributed by atoms with Crippen LogP contribution in [0.5, 0.6) is 11.5 Å². The minimum atomic E-state index is 0.0462. The molecule has 0 saturated carbocycles. The van der Waals surface area contributed by atoms with Crippen molar-refractivity contribution in [3.63, 3.8) is 0 Å². The van der Waals surface area contributed by atoms with E-state index >= 15 is 0 Å². The van der Waals surface area contributed by atoms with Crippen molar-refractivity contribution in [3.05, 3.63) is 56.5 Å². The molecule has 4 nitrogen and oxygen atoms in total. The van der Waals surface area contributed by atoms with Crippen LogP contribution in [-0.4, -0.2) is 24.4 Å². The van der Waals surface area contributed by atoms with Crippen LogP contribution in [0.2, 0.25) is 15.1 Å². The molecule has 2 aromatic rings. The van der Waals surface area contributed by atoms with E-state index in [2.05, 4.69) is 5.32 Å². The molecule has 148 valence electrons. The van der Waals surface area contributed by atoms with Crippen LogP contribution in [0.4, 0.5) is 0 Å². The lowest BCUT2D eigenvalue weighted by Crippen LogP contribution is -2.31. The van der Waals surface area contributed by atoms with Crippen LogP contribution in [0.15, 0.2) is 30.3 Å². The predicted molar refractivity (Wildman–Crippen MR) is 111 cm³/mol. The molecule has 0 aliphatic rings. The molecule has 2 N–H and O–H groups in total. The van der Waals surface area contributed by atoms with Gasteiger partial charge >= 0.3 is 0 Å². The van der Waals surface area contributed by atoms with E-state index < -0.39 is 0 Å². The highest BCUT2D eigenvalue weighted by atomic mass is 35.5. The van der Waals surface area contributed by atoms with Crippen LogP contribution in [0, 0.1) is 0 Å². The molecule has 27 heavy (non-hydrogen) atoms. The first kappa shape index (κ1) is 22.1. The third kappa shape index (κ3) is 6.44. The lowest BCUT2D eigenvalue weighted by molar-refractivity contribution is 0.238. The summed E-state index contributed by atoms with van der Waals surface area (Å²) in [5, 5.41) is 14.0. The van der Waals surface area contributed by atoms with Crippen LogP contribution < -0.4 is 14.8 Å². The Bertz CT molecular complexity index is 751. The van der Waals surface area contributed by atoms with Gasteiger partial charge in [-0.3, -0.25) is 0 Å². The molecular weight excluding hydrogens is 409 g/mol. The molecule has 0 radical (unpaired) electrons. The maximum Gasteiger partial charge on any atom is 0.180 e. The van der Waals surface area contributed by atoms with E-state index in [-0.39, 0.29) is 19.3 Å². The summed E-state index contributed by atoms with van der Waals surface area (Å²) in [5.41, 5.74) is 1.83. The fourth-order valence-corrected chi connectivity index (χ4v) is 3.12. The molecule has 2 aromatic carbocycles. The van der Waals surface area contributed by atoms with Crippen LogP contribution in [-0.2, 0) is 13.2 Å². The molecular formula is C20H24Cl3NO3. The summed E-state index contributed by atoms with van der Waals surface area (Å²) in [4.78, 5) is 0. The van der Waals surface area contributed by atoms with Gasteiger partial charge in [-0.05, 0) is 48.7 Å². The van der Waals surface area contributed by atoms with Gasteiger partial charge in [0.2, 0.25) is 0 Å². The monoisotopic (exact) mass is 431 g/mol. The molecule has 0 bridgehead atoms. The van der Waals surface area contributed by atoms with Gasteiger partial charge in [0, 0.05) is 12.6 Å². The number of nitrogens with one attached hydrogen (secondary N) is 1. The summed E-state index contributed by atoms with van der Waals surface area (Å²) in [6.07, 6.45) is 0.841. The Labute approximate surface area is 175 Å². The molecule has 0 aliphatic carbocycles. The molecule has 0 aromatic heterocycles. The maximum atomic E-state index is 9.31. The van der Waals surface area contributed by atoms with Gasteiger partial charge in [0.1, 0.15) is 6.61 Å². The number of hydrogen-bond acceptors (Lipinski definition) is 4. The van der Waals surface area contributed by atoms with Crippen molar-refractivity contribution in [1.29, 1.82) is 0 Å². The van der Waals surface area contributed by atoms with Crippen molar-refractivity contribution in [2.75, 3.05) is 13.2 Å². The summed E-state index contributed by atoms with van der Waals surface area (Å²) >= 11 is 18.4. The number of benzene rings is 2. The van der Waals surface area contributed by atoms with E-state index in [9.17, 15) is 5.11 Å². The Morgan fingerprint density at radius 3 is 2.33 bits per heavy atom. The lowest BCUT2D eigenvalue weighted by atomic mass is 10.1. The number of aliphatic hydroxyl groups is 1. The van der Waals surface area contributed by atoms with E-state index in [0.29, 0.717) is 39.7 Å². The van der Waals surface area contributed by atoms with Crippen LogP contribution in [0.25, 0.3) is 0 Å². The number of halogens is 3. The first-order valence-corrected chi connectivity index (χ1v) is 9.98. The molecule has 0 heterocycles. The molecule has 7 heteroatoms. The Balaban J connectivity index is 2.15. The van der Waals surface area contributed by atoms with E-state index in [1.54, 1.807) is 12.1 Å². The smallest absolute Gasteiger partial charge is 0.180 e. The second kappa shape index (κ2) is 11.0. The van der Waals surface area contributed by atoms with Crippen molar-refractivity contribution < 1.29 is 14.6 Å². The van der Waals surface area contributed by atoms with E-state index in [1.165, 1.54) is 0 Å². The van der Waals surface area contributed by atoms with E-state index in [1.807, 2.05) is 32.0 Å². The van der Waals surface area contributed by atoms with Crippen LogP contribution in [0.1, 0.15) is 31.4 Å². The van der Waals surface area contributed by atoms with Gasteiger partial charge < -0.3 is 19.9 Å². The highest BCUT2D eigenvalue weighted by Gasteiger charge is 2.14. The normalized spacial score (nSPS) is 12.1. The van der Waals surface area contributed by atoms with Crippen molar-refractivity contribution in [3.8, 4) is 11.5 Å². The number of rotatable bonds is 10. The van der Waals surface area contributed by atoms with E-state index in [0.717, 1.165) is 17.5 Å². The fourth-order valence-electron chi connectivity index (χ4n) is 2.51. The van der Waals surface area contributed by atoms with Gasteiger partial charge in [0.05, 0.1) is 28.3 Å². The summed E-state index contributed by atoms with van der Waals surface area (Å²) in [6.45, 7) is 5.37. The molecule has 0 unspecified atom stereocenters. The fraction of sp³-hybridized carbons (Fsp3) is 0.400. The largest absolute Gasteiger partial charge is 0.490 e. The zero-order valence-electron chi connectivity index (χ0n) is 15.4. The highest BCUT2D eigenvalue weighted by molar-refractivity contribution is 6.42. The first-order chi connectivity index (χ1) is 13.0. The number of aliphatic hydroxyl groups excluding tert-OH is 1. The molecule has 0 saturated heterocycles. The molecule has 0 aliphatic heterocycles. The summed E-state index contributed by atoms with van der Waals surface area (Å²) in [5.74, 6) is 1.07. The number of ether oxygens (including phenoxy) is 2. The zero-order chi connectivity index (χ0) is 19.8. The quantitative estimate of drug-likeness (QED) is 0.521. The average molecular weight is 433 g/mol. The van der Waals surface area contributed by atoms with Crippen molar-refractivity contribution >= 4 is 34.8 Å². The van der Waals surface area contributed by atoms with Gasteiger partial charge in [-0.25, -0.2) is 0 Å². The summed E-state index contributed by atoms with van der Waals surface area (Å²) < 4.78 is 11.6. The van der Waals surface area contributed by atoms with Gasteiger partial charge in [-0.1, -0.05) is 47.8 Å². The Kier molecular flexibility index (Phi) is 9.00. The first-order valence-electron chi connectivity index (χ1n) is 8.84. The second-order valence-corrected chi connectivity index (χ2v) is 7.27. The average Bonchev–Trinajstić information content (AvgIpc) is 2.65. The van der Waals surface area contributed by atoms with Gasteiger partial charge in [0.15, 0.2) is 11.5 Å². The summed E-state index contributed by atoms with van der Waals surface area (Å²) in [7, 11) is 0. The molecule has 1 atom stereocenters. The topological polar surface area (TPSA) is 50.7 Å². The van der Waals surface area contributed by atoms with Crippen molar-refractivity contribution in [2.24, 2.45) is 0 Å². The van der Waals surface area contributed by atoms with Crippen LogP contribution >= 0.6 is 34.8 Å². The minimum absolute atomic E-state index is 0.0462. The predicted octanol–water partition coefficient (Wildman–Crippen LogP) is 5.49. The maximum absolute atomic E-state index is 9.31. The third-order valence-electron chi connectivity index (χ3n) is 4.04. The molecule has 0 spiro atoms. The third-order valence-corrected chi connectivity index (χ3v) is 5.06. The number of hydrogen-bond donors (Lipinski definition) is 2. The summed E-state index contributed by atoms with van der Waals surface area (Å²) in [6, 6.07) is 9.12. The minimum Gasteiger partial charge on any atom is -0.490 e. The SMILES string of the molecule is CCOc1cc(CN[C@@H](CC)CO)cc(Cl)c1OCc1ccc(Cl)c(Cl)c1. The zero-order valence-corrected chi connectivity index (χ0v) is 17.7. The van der Waals surface area contributed by atoms with Crippen molar-refractivity contribution in [2.45, 2.75) is 39.5 Å². The van der Waals surface area contributed by atoms with Crippen LogP contribution in [0.3, 0.4) is 0 Å². The van der Waals surface area contributed by atoms with Gasteiger partial charge in [-0.2, -0.15) is 0 Å². The van der Waals surface area contributed by atoms with Gasteiger partial charge in [-0.15, -0.1) is 0 Å². The molecule has 0 amide bonds. The molecule has 0 fully saturated rings. The van der Waals surface area contributed by atoms with Crippen molar-refractivity contribution in [1.82, 2.24) is 5.32 Å². The Hall–Kier alpha value is -1.17. The molecule has 2 rings (SSSR count). The second-order valence-electron chi connectivity index (χ2n) is 6.04. The van der Waals surface area contributed by atoms with E-state index in [4.69, 9.17) is 44.3 Å². The lowest BCUT2D eigenvalue weighted by Gasteiger charge is -2.17. The highest BCUT2D eigenvalue weighted by Crippen LogP contribution is 2.37.